The molecule has 4 heteroatoms. The second kappa shape index (κ2) is 3.14. The van der Waals surface area contributed by atoms with Gasteiger partial charge in [0.25, 0.3) is 0 Å². The molecule has 2 heterocycles. The number of anilines is 1. The molecule has 0 radical (unpaired) electrons. The SMILES string of the molecule is Cc1cn(-c2ccc(N)c(C)n2)cn1. The van der Waals surface area contributed by atoms with E-state index in [0.717, 1.165) is 17.2 Å². The summed E-state index contributed by atoms with van der Waals surface area (Å²) in [4.78, 5) is 8.49. The fourth-order valence-corrected chi connectivity index (χ4v) is 1.25. The number of pyridine rings is 1. The zero-order valence-corrected chi connectivity index (χ0v) is 8.23. The number of aryl methyl sites for hydroxylation is 2. The molecule has 0 amide bonds. The van der Waals surface area contributed by atoms with Crippen LogP contribution < -0.4 is 5.73 Å². The van der Waals surface area contributed by atoms with Crippen LogP contribution in [0.3, 0.4) is 0 Å². The Bertz CT molecular complexity index is 459. The standard InChI is InChI=1S/C10H12N4/c1-7-5-14(6-12-7)10-4-3-9(11)8(2)13-10/h3-6H,11H2,1-2H3. The highest BCUT2D eigenvalue weighted by atomic mass is 15.1. The van der Waals surface area contributed by atoms with Gasteiger partial charge in [-0.2, -0.15) is 0 Å². The van der Waals surface area contributed by atoms with Crippen LogP contribution >= 0.6 is 0 Å². The number of hydrogen-bond acceptors (Lipinski definition) is 3. The normalized spacial score (nSPS) is 10.4. The molecule has 0 fully saturated rings. The predicted molar refractivity (Wildman–Crippen MR) is 55.2 cm³/mol. The van der Waals surface area contributed by atoms with Crippen molar-refractivity contribution in [3.8, 4) is 5.82 Å². The molecular weight excluding hydrogens is 176 g/mol. The van der Waals surface area contributed by atoms with E-state index < -0.39 is 0 Å². The summed E-state index contributed by atoms with van der Waals surface area (Å²) in [6, 6.07) is 3.73. The van der Waals surface area contributed by atoms with Gasteiger partial charge in [-0.05, 0) is 26.0 Å². The van der Waals surface area contributed by atoms with Gasteiger partial charge < -0.3 is 5.73 Å². The van der Waals surface area contributed by atoms with E-state index in [1.807, 2.05) is 36.7 Å². The fourth-order valence-electron chi connectivity index (χ4n) is 1.25. The summed E-state index contributed by atoms with van der Waals surface area (Å²) in [7, 11) is 0. The van der Waals surface area contributed by atoms with E-state index >= 15 is 0 Å². The average Bonchev–Trinajstić information content (AvgIpc) is 2.57. The molecule has 2 N–H and O–H groups in total. The number of imidazole rings is 1. The lowest BCUT2D eigenvalue weighted by Crippen LogP contribution is -1.99. The highest BCUT2D eigenvalue weighted by molar-refractivity contribution is 5.45. The van der Waals surface area contributed by atoms with Gasteiger partial charge in [-0.25, -0.2) is 9.97 Å². The van der Waals surface area contributed by atoms with E-state index in [1.54, 1.807) is 6.33 Å². The third-order valence-corrected chi connectivity index (χ3v) is 2.09. The van der Waals surface area contributed by atoms with Crippen molar-refractivity contribution in [2.24, 2.45) is 0 Å². The van der Waals surface area contributed by atoms with E-state index in [-0.39, 0.29) is 0 Å². The van der Waals surface area contributed by atoms with Crippen molar-refractivity contribution < 1.29 is 0 Å². The number of rotatable bonds is 1. The van der Waals surface area contributed by atoms with Gasteiger partial charge in [0.2, 0.25) is 0 Å². The topological polar surface area (TPSA) is 56.7 Å². The Labute approximate surface area is 82.4 Å². The van der Waals surface area contributed by atoms with E-state index in [2.05, 4.69) is 9.97 Å². The van der Waals surface area contributed by atoms with Crippen LogP contribution in [0, 0.1) is 13.8 Å². The molecule has 0 aromatic carbocycles. The summed E-state index contributed by atoms with van der Waals surface area (Å²) in [5.41, 5.74) is 8.21. The monoisotopic (exact) mass is 188 g/mol. The highest BCUT2D eigenvalue weighted by Gasteiger charge is 2.00. The maximum atomic E-state index is 5.68. The van der Waals surface area contributed by atoms with Crippen LogP contribution in [0.5, 0.6) is 0 Å². The maximum Gasteiger partial charge on any atom is 0.138 e. The minimum Gasteiger partial charge on any atom is -0.397 e. The first-order valence-electron chi connectivity index (χ1n) is 4.41. The summed E-state index contributed by atoms with van der Waals surface area (Å²) >= 11 is 0. The lowest BCUT2D eigenvalue weighted by molar-refractivity contribution is 0.977. The lowest BCUT2D eigenvalue weighted by Gasteiger charge is -2.03. The third kappa shape index (κ3) is 1.46. The van der Waals surface area contributed by atoms with Crippen LogP contribution in [-0.4, -0.2) is 14.5 Å². The van der Waals surface area contributed by atoms with E-state index in [0.29, 0.717) is 5.69 Å². The minimum atomic E-state index is 0.714. The van der Waals surface area contributed by atoms with E-state index in [1.165, 1.54) is 0 Å². The van der Waals surface area contributed by atoms with E-state index in [9.17, 15) is 0 Å². The zero-order valence-electron chi connectivity index (χ0n) is 8.23. The lowest BCUT2D eigenvalue weighted by atomic mass is 10.3. The van der Waals surface area contributed by atoms with Gasteiger partial charge in [-0.1, -0.05) is 0 Å². The van der Waals surface area contributed by atoms with Gasteiger partial charge >= 0.3 is 0 Å². The molecule has 2 aromatic rings. The van der Waals surface area contributed by atoms with Crippen LogP contribution in [0.4, 0.5) is 5.69 Å². The highest BCUT2D eigenvalue weighted by Crippen LogP contribution is 2.11. The number of nitrogens with two attached hydrogens (primary N) is 1. The van der Waals surface area contributed by atoms with Crippen molar-refractivity contribution >= 4 is 5.69 Å². The first kappa shape index (κ1) is 8.74. The van der Waals surface area contributed by atoms with Crippen LogP contribution in [-0.2, 0) is 0 Å². The van der Waals surface area contributed by atoms with Gasteiger partial charge in [0.05, 0.1) is 17.1 Å². The summed E-state index contributed by atoms with van der Waals surface area (Å²) < 4.78 is 1.88. The summed E-state index contributed by atoms with van der Waals surface area (Å²) in [6.45, 7) is 3.84. The Kier molecular flexibility index (Phi) is 1.96. The molecule has 0 unspecified atom stereocenters. The Morgan fingerprint density at radius 3 is 2.64 bits per heavy atom. The van der Waals surface area contributed by atoms with Gasteiger partial charge in [0.15, 0.2) is 0 Å². The molecule has 0 atom stereocenters. The number of aromatic nitrogens is 3. The third-order valence-electron chi connectivity index (χ3n) is 2.09. The number of hydrogen-bond donors (Lipinski definition) is 1. The molecule has 0 aliphatic carbocycles. The number of nitrogens with zero attached hydrogens (tertiary/aromatic N) is 3. The summed E-state index contributed by atoms with van der Waals surface area (Å²) in [5, 5.41) is 0. The van der Waals surface area contributed by atoms with E-state index in [4.69, 9.17) is 5.73 Å². The molecule has 0 saturated carbocycles. The largest absolute Gasteiger partial charge is 0.397 e. The molecule has 72 valence electrons. The summed E-state index contributed by atoms with van der Waals surface area (Å²) in [6.07, 6.45) is 3.67. The van der Waals surface area contributed by atoms with Crippen LogP contribution in [0.2, 0.25) is 0 Å². The van der Waals surface area contributed by atoms with Crippen LogP contribution in [0.1, 0.15) is 11.4 Å². The summed E-state index contributed by atoms with van der Waals surface area (Å²) in [5.74, 6) is 0.845. The second-order valence-corrected chi connectivity index (χ2v) is 3.27. The Hall–Kier alpha value is -1.84. The molecule has 0 aliphatic heterocycles. The van der Waals surface area contributed by atoms with Crippen molar-refractivity contribution in [2.75, 3.05) is 5.73 Å². The molecule has 0 bridgehead atoms. The average molecular weight is 188 g/mol. The van der Waals surface area contributed by atoms with Gasteiger partial charge in [0, 0.05) is 6.20 Å². The van der Waals surface area contributed by atoms with Gasteiger partial charge in [0.1, 0.15) is 12.1 Å². The Balaban J connectivity index is 2.47. The molecular formula is C10H12N4. The molecule has 4 nitrogen and oxygen atoms in total. The van der Waals surface area contributed by atoms with Crippen molar-refractivity contribution in [2.45, 2.75) is 13.8 Å². The maximum absolute atomic E-state index is 5.68. The van der Waals surface area contributed by atoms with Crippen molar-refractivity contribution in [3.05, 3.63) is 36.0 Å². The fraction of sp³-hybridized carbons (Fsp3) is 0.200. The second-order valence-electron chi connectivity index (χ2n) is 3.27. The van der Waals surface area contributed by atoms with Gasteiger partial charge in [-0.3, -0.25) is 4.57 Å². The number of nitrogen functional groups attached to an aromatic ring is 1. The molecule has 0 saturated heterocycles. The van der Waals surface area contributed by atoms with Crippen molar-refractivity contribution in [1.29, 1.82) is 0 Å². The molecule has 2 aromatic heterocycles. The molecule has 2 rings (SSSR count). The van der Waals surface area contributed by atoms with Crippen LogP contribution in [0.15, 0.2) is 24.7 Å². The predicted octanol–water partition coefficient (Wildman–Crippen LogP) is 1.47. The Morgan fingerprint density at radius 1 is 1.29 bits per heavy atom. The molecule has 0 spiro atoms. The van der Waals surface area contributed by atoms with Gasteiger partial charge in [-0.15, -0.1) is 0 Å². The quantitative estimate of drug-likeness (QED) is 0.737. The Morgan fingerprint density at radius 2 is 2.07 bits per heavy atom. The van der Waals surface area contributed by atoms with Crippen molar-refractivity contribution in [3.63, 3.8) is 0 Å². The molecule has 0 aliphatic rings. The molecule has 14 heavy (non-hydrogen) atoms. The van der Waals surface area contributed by atoms with Crippen LogP contribution in [0.25, 0.3) is 5.82 Å². The first-order chi connectivity index (χ1) is 6.66. The van der Waals surface area contributed by atoms with Crippen molar-refractivity contribution in [1.82, 2.24) is 14.5 Å². The zero-order chi connectivity index (χ0) is 10.1. The first-order valence-corrected chi connectivity index (χ1v) is 4.41. The minimum absolute atomic E-state index is 0.714. The smallest absolute Gasteiger partial charge is 0.138 e.